The molecule has 2 atom stereocenters. The van der Waals surface area contributed by atoms with Crippen molar-refractivity contribution < 1.29 is 5.11 Å². The number of hydrogen-bond donors (Lipinski definition) is 2. The predicted octanol–water partition coefficient (Wildman–Crippen LogP) is 1.21. The number of benzene rings is 1. The second-order valence-electron chi connectivity index (χ2n) is 3.68. The SMILES string of the molecule is NC[C@@H]1C[C@H](CO)c2ccccc21. The summed E-state index contributed by atoms with van der Waals surface area (Å²) < 4.78 is 0. The summed E-state index contributed by atoms with van der Waals surface area (Å²) in [6.45, 7) is 0.932. The van der Waals surface area contributed by atoms with E-state index in [2.05, 4.69) is 12.1 Å². The van der Waals surface area contributed by atoms with E-state index < -0.39 is 0 Å². The van der Waals surface area contributed by atoms with Crippen molar-refractivity contribution in [1.82, 2.24) is 0 Å². The van der Waals surface area contributed by atoms with Crippen molar-refractivity contribution >= 4 is 0 Å². The van der Waals surface area contributed by atoms with E-state index in [4.69, 9.17) is 5.73 Å². The first-order valence-corrected chi connectivity index (χ1v) is 4.76. The van der Waals surface area contributed by atoms with Gasteiger partial charge in [0.15, 0.2) is 0 Å². The molecule has 0 radical (unpaired) electrons. The third-order valence-electron chi connectivity index (χ3n) is 2.95. The van der Waals surface area contributed by atoms with Crippen LogP contribution in [0.15, 0.2) is 24.3 Å². The quantitative estimate of drug-likeness (QED) is 0.713. The molecule has 1 aromatic rings. The minimum absolute atomic E-state index is 0.244. The van der Waals surface area contributed by atoms with Gasteiger partial charge in [0.05, 0.1) is 0 Å². The smallest absolute Gasteiger partial charge is 0.0500 e. The molecule has 70 valence electrons. The van der Waals surface area contributed by atoms with Crippen LogP contribution in [0, 0.1) is 0 Å². The van der Waals surface area contributed by atoms with Crippen LogP contribution < -0.4 is 5.73 Å². The molecule has 0 saturated carbocycles. The van der Waals surface area contributed by atoms with Crippen LogP contribution in [-0.2, 0) is 0 Å². The Labute approximate surface area is 78.4 Å². The second kappa shape index (κ2) is 3.48. The lowest BCUT2D eigenvalue weighted by Gasteiger charge is -2.06. The topological polar surface area (TPSA) is 46.2 Å². The molecule has 13 heavy (non-hydrogen) atoms. The summed E-state index contributed by atoms with van der Waals surface area (Å²) in [6, 6.07) is 8.30. The van der Waals surface area contributed by atoms with E-state index in [-0.39, 0.29) is 6.61 Å². The highest BCUT2D eigenvalue weighted by Crippen LogP contribution is 2.40. The Morgan fingerprint density at radius 3 is 2.38 bits per heavy atom. The van der Waals surface area contributed by atoms with Gasteiger partial charge in [0.1, 0.15) is 0 Å². The van der Waals surface area contributed by atoms with Crippen LogP contribution in [0.2, 0.25) is 0 Å². The van der Waals surface area contributed by atoms with Crippen LogP contribution in [0.1, 0.15) is 29.4 Å². The van der Waals surface area contributed by atoms with E-state index in [1.807, 2.05) is 12.1 Å². The molecule has 1 aromatic carbocycles. The van der Waals surface area contributed by atoms with Crippen molar-refractivity contribution in [3.63, 3.8) is 0 Å². The molecule has 2 rings (SSSR count). The third kappa shape index (κ3) is 1.36. The summed E-state index contributed by atoms with van der Waals surface area (Å²) in [5, 5.41) is 9.19. The zero-order chi connectivity index (χ0) is 9.26. The van der Waals surface area contributed by atoms with Crippen LogP contribution in [0.3, 0.4) is 0 Å². The fraction of sp³-hybridized carbons (Fsp3) is 0.455. The fourth-order valence-electron chi connectivity index (χ4n) is 2.25. The normalized spacial score (nSPS) is 26.0. The van der Waals surface area contributed by atoms with Gasteiger partial charge in [0, 0.05) is 12.5 Å². The summed E-state index contributed by atoms with van der Waals surface area (Å²) in [5.41, 5.74) is 8.31. The average Bonchev–Trinajstić information content (AvgIpc) is 2.56. The highest BCUT2D eigenvalue weighted by molar-refractivity contribution is 5.38. The number of hydrogen-bond acceptors (Lipinski definition) is 2. The van der Waals surface area contributed by atoms with Crippen LogP contribution in [-0.4, -0.2) is 18.3 Å². The van der Waals surface area contributed by atoms with Crippen molar-refractivity contribution in [1.29, 1.82) is 0 Å². The molecule has 0 aromatic heterocycles. The molecular formula is C11H15NO. The van der Waals surface area contributed by atoms with E-state index in [0.717, 1.165) is 6.42 Å². The maximum absolute atomic E-state index is 9.19. The number of aliphatic hydroxyl groups is 1. The molecule has 0 fully saturated rings. The Balaban J connectivity index is 2.38. The van der Waals surface area contributed by atoms with Gasteiger partial charge in [-0.2, -0.15) is 0 Å². The lowest BCUT2D eigenvalue weighted by atomic mass is 10.0. The molecule has 2 heteroatoms. The standard InChI is InChI=1S/C11H15NO/c12-6-8-5-9(7-13)11-4-2-1-3-10(8)11/h1-4,8-9,13H,5-7,12H2/t8-,9+/m0/s1. The van der Waals surface area contributed by atoms with Crippen LogP contribution >= 0.6 is 0 Å². The third-order valence-corrected chi connectivity index (χ3v) is 2.95. The summed E-state index contributed by atoms with van der Waals surface area (Å²) >= 11 is 0. The Morgan fingerprint density at radius 1 is 1.23 bits per heavy atom. The Bertz CT molecular complexity index is 269. The Hall–Kier alpha value is -0.860. The van der Waals surface area contributed by atoms with E-state index >= 15 is 0 Å². The number of fused-ring (bicyclic) bond motifs is 1. The lowest BCUT2D eigenvalue weighted by molar-refractivity contribution is 0.261. The second-order valence-corrected chi connectivity index (χ2v) is 3.68. The van der Waals surface area contributed by atoms with E-state index in [1.54, 1.807) is 0 Å². The molecule has 0 amide bonds. The monoisotopic (exact) mass is 177 g/mol. The highest BCUT2D eigenvalue weighted by Gasteiger charge is 2.28. The van der Waals surface area contributed by atoms with Crippen LogP contribution in [0.5, 0.6) is 0 Å². The lowest BCUT2D eigenvalue weighted by Crippen LogP contribution is -2.09. The minimum atomic E-state index is 0.244. The molecule has 2 nitrogen and oxygen atoms in total. The first-order chi connectivity index (χ1) is 6.36. The number of nitrogens with two attached hydrogens (primary N) is 1. The van der Waals surface area contributed by atoms with Gasteiger partial charge < -0.3 is 10.8 Å². The summed E-state index contributed by atoms with van der Waals surface area (Å²) in [6.07, 6.45) is 1.01. The van der Waals surface area contributed by atoms with Gasteiger partial charge >= 0.3 is 0 Å². The van der Waals surface area contributed by atoms with Crippen molar-refractivity contribution in [3.05, 3.63) is 35.4 Å². The molecule has 0 aliphatic heterocycles. The largest absolute Gasteiger partial charge is 0.396 e. The van der Waals surface area contributed by atoms with Crippen LogP contribution in [0.25, 0.3) is 0 Å². The molecule has 1 aliphatic rings. The fourth-order valence-corrected chi connectivity index (χ4v) is 2.25. The van der Waals surface area contributed by atoms with Crippen molar-refractivity contribution in [2.45, 2.75) is 18.3 Å². The molecule has 0 heterocycles. The summed E-state index contributed by atoms with van der Waals surface area (Å²) in [5.74, 6) is 0.762. The van der Waals surface area contributed by atoms with Crippen LogP contribution in [0.4, 0.5) is 0 Å². The Morgan fingerprint density at radius 2 is 1.85 bits per heavy atom. The zero-order valence-corrected chi connectivity index (χ0v) is 7.61. The maximum Gasteiger partial charge on any atom is 0.0500 e. The van der Waals surface area contributed by atoms with E-state index in [1.165, 1.54) is 11.1 Å². The van der Waals surface area contributed by atoms with Crippen molar-refractivity contribution in [2.75, 3.05) is 13.2 Å². The van der Waals surface area contributed by atoms with E-state index in [0.29, 0.717) is 18.4 Å². The number of aliphatic hydroxyl groups excluding tert-OH is 1. The van der Waals surface area contributed by atoms with Gasteiger partial charge in [-0.05, 0) is 30.0 Å². The van der Waals surface area contributed by atoms with Gasteiger partial charge in [0.2, 0.25) is 0 Å². The van der Waals surface area contributed by atoms with Gasteiger partial charge in [-0.25, -0.2) is 0 Å². The first kappa shape index (κ1) is 8.73. The minimum Gasteiger partial charge on any atom is -0.396 e. The highest BCUT2D eigenvalue weighted by atomic mass is 16.3. The number of rotatable bonds is 2. The van der Waals surface area contributed by atoms with E-state index in [9.17, 15) is 5.11 Å². The summed E-state index contributed by atoms with van der Waals surface area (Å²) in [4.78, 5) is 0. The molecule has 3 N–H and O–H groups in total. The zero-order valence-electron chi connectivity index (χ0n) is 7.61. The van der Waals surface area contributed by atoms with Crippen molar-refractivity contribution in [3.8, 4) is 0 Å². The van der Waals surface area contributed by atoms with Gasteiger partial charge in [0.25, 0.3) is 0 Å². The molecule has 0 bridgehead atoms. The molecule has 0 saturated heterocycles. The Kier molecular flexibility index (Phi) is 2.34. The van der Waals surface area contributed by atoms with Gasteiger partial charge in [-0.15, -0.1) is 0 Å². The molecule has 1 aliphatic carbocycles. The summed E-state index contributed by atoms with van der Waals surface area (Å²) in [7, 11) is 0. The van der Waals surface area contributed by atoms with Crippen molar-refractivity contribution in [2.24, 2.45) is 5.73 Å². The predicted molar refractivity (Wildman–Crippen MR) is 52.7 cm³/mol. The molecule has 0 unspecified atom stereocenters. The van der Waals surface area contributed by atoms with Gasteiger partial charge in [-0.1, -0.05) is 24.3 Å². The molecular weight excluding hydrogens is 162 g/mol. The first-order valence-electron chi connectivity index (χ1n) is 4.76. The van der Waals surface area contributed by atoms with Gasteiger partial charge in [-0.3, -0.25) is 0 Å². The average molecular weight is 177 g/mol. The molecule has 0 spiro atoms. The maximum atomic E-state index is 9.19.